The molecule has 2 fully saturated rings. The summed E-state index contributed by atoms with van der Waals surface area (Å²) in [6.45, 7) is 9.14. The van der Waals surface area contributed by atoms with Crippen LogP contribution in [-0.2, 0) is 83.1 Å². The lowest BCUT2D eigenvalue weighted by Gasteiger charge is -2.33. The summed E-state index contributed by atoms with van der Waals surface area (Å²) in [5.41, 5.74) is 17.2. The number of carboxylic acid groups (broad SMARTS) is 2. The van der Waals surface area contributed by atoms with Crippen LogP contribution in [0.4, 0.5) is 0 Å². The zero-order valence-corrected chi connectivity index (χ0v) is 54.8. The van der Waals surface area contributed by atoms with Gasteiger partial charge in [-0.2, -0.15) is 12.6 Å². The van der Waals surface area contributed by atoms with Crippen molar-refractivity contribution in [2.24, 2.45) is 29.0 Å². The fraction of sp³-hybridized carbons (Fsp3) is 0.627. The predicted octanol–water partition coefficient (Wildman–Crippen LogP) is -6.87. The van der Waals surface area contributed by atoms with Gasteiger partial charge in [-0.25, -0.2) is 4.79 Å². The fourth-order valence-corrected chi connectivity index (χ4v) is 10.5. The smallest absolute Gasteiger partial charge is 0.326 e. The van der Waals surface area contributed by atoms with E-state index in [1.54, 1.807) is 58.0 Å². The number of carbonyl (C=O) groups excluding carboxylic acids is 14. The third-order valence-corrected chi connectivity index (χ3v) is 16.2. The molecule has 2 heterocycles. The molecular weight excluding hydrogens is 1270 g/mol. The van der Waals surface area contributed by atoms with E-state index in [1.807, 2.05) is 0 Å². The standard InChI is InChI=1S/C59H91N15O20S/c1-8-28(4)45(70-49(83)33(60)18-19-40(61)77)58(92)74-21-13-17-39(74)53(87)71-47(31(7)76)56(90)72-46(30(6)75)55(89)68-37(26-95)51(85)64-29(5)48(82)66-34(23-41(62)78)50(84)67-35(24-43(80)81)57(91)73-20-12-16-38(73)52(86)69-44(27(2)3)54(88)63-25-42(79)65-36(59(93)94)22-32-14-10-9-11-15-32/h9-11,14-15,27-31,33-39,44-47,75-76,95H,8,12-13,16-26,60H2,1-7H3,(H2,61,77)(H2,62,78)(H,63,88)(H,64,85)(H,65,79)(H,66,82)(H,67,84)(H,68,89)(H,69,86)(H,70,83)(H,71,87)(H,72,90)(H,80,81)(H,93,94)/t28-,29-,30+,31+,33-,34-,35-,36-,37-,38-,39-,44-,45-,46-,47-/m0/s1. The number of likely N-dealkylation sites (tertiary alicyclic amines) is 2. The molecule has 36 heteroatoms. The van der Waals surface area contributed by atoms with Crippen molar-refractivity contribution in [3.8, 4) is 0 Å². The van der Waals surface area contributed by atoms with E-state index in [4.69, 9.17) is 17.2 Å². The van der Waals surface area contributed by atoms with E-state index in [0.29, 0.717) is 18.4 Å². The molecule has 14 amide bonds. The monoisotopic (exact) mass is 1360 g/mol. The molecule has 1 aromatic rings. The number of benzene rings is 1. The maximum Gasteiger partial charge on any atom is 0.326 e. The number of carboxylic acids is 2. The minimum Gasteiger partial charge on any atom is -0.481 e. The Morgan fingerprint density at radius 1 is 0.558 bits per heavy atom. The number of primary amides is 2. The highest BCUT2D eigenvalue weighted by Gasteiger charge is 2.44. The zero-order valence-electron chi connectivity index (χ0n) is 53.9. The van der Waals surface area contributed by atoms with Crippen LogP contribution < -0.4 is 70.4 Å². The van der Waals surface area contributed by atoms with Crippen LogP contribution in [0.5, 0.6) is 0 Å². The third kappa shape index (κ3) is 25.0. The van der Waals surface area contributed by atoms with Crippen molar-refractivity contribution in [1.29, 1.82) is 0 Å². The summed E-state index contributed by atoms with van der Waals surface area (Å²) in [5, 5.41) is 64.3. The summed E-state index contributed by atoms with van der Waals surface area (Å²) in [7, 11) is 0. The number of aliphatic carboxylic acids is 2. The molecule has 0 saturated carbocycles. The highest BCUT2D eigenvalue weighted by Crippen LogP contribution is 2.23. The number of nitrogens with zero attached hydrogens (tertiary/aromatic N) is 2. The number of hydrogen-bond donors (Lipinski definition) is 18. The summed E-state index contributed by atoms with van der Waals surface area (Å²) in [4.78, 5) is 213. The molecule has 35 nitrogen and oxygen atoms in total. The number of rotatable bonds is 38. The van der Waals surface area contributed by atoms with Gasteiger partial charge in [-0.15, -0.1) is 0 Å². The molecule has 0 spiro atoms. The Bertz CT molecular complexity index is 2960. The summed E-state index contributed by atoms with van der Waals surface area (Å²) in [5.74, 6) is -18.4. The molecule has 3 rings (SSSR count). The van der Waals surface area contributed by atoms with Crippen molar-refractivity contribution in [3.63, 3.8) is 0 Å². The first-order chi connectivity index (χ1) is 44.5. The lowest BCUT2D eigenvalue weighted by molar-refractivity contribution is -0.146. The van der Waals surface area contributed by atoms with Crippen LogP contribution in [0.3, 0.4) is 0 Å². The number of nitrogens with two attached hydrogens (primary N) is 3. The number of amides is 14. The molecular formula is C59H91N15O20S. The number of carbonyl (C=O) groups is 16. The van der Waals surface area contributed by atoms with E-state index in [2.05, 4.69) is 65.8 Å². The first-order valence-electron chi connectivity index (χ1n) is 30.9. The number of thiol groups is 1. The van der Waals surface area contributed by atoms with Crippen molar-refractivity contribution in [3.05, 3.63) is 35.9 Å². The molecule has 95 heavy (non-hydrogen) atoms. The molecule has 528 valence electrons. The average molecular weight is 1360 g/mol. The molecule has 2 aliphatic rings. The second-order valence-electron chi connectivity index (χ2n) is 23.8. The van der Waals surface area contributed by atoms with Gasteiger partial charge in [0, 0.05) is 31.7 Å². The molecule has 2 aliphatic heterocycles. The summed E-state index contributed by atoms with van der Waals surface area (Å²) in [6.07, 6.45) is -4.75. The first-order valence-corrected chi connectivity index (χ1v) is 31.5. The molecule has 0 aromatic heterocycles. The Hall–Kier alpha value is -9.03. The summed E-state index contributed by atoms with van der Waals surface area (Å²) < 4.78 is 0. The van der Waals surface area contributed by atoms with E-state index in [1.165, 1.54) is 4.90 Å². The molecule has 0 radical (unpaired) electrons. The molecule has 1 aromatic carbocycles. The largest absolute Gasteiger partial charge is 0.481 e. The lowest BCUT2D eigenvalue weighted by atomic mass is 9.96. The predicted molar refractivity (Wildman–Crippen MR) is 337 cm³/mol. The topological polar surface area (TPSA) is 559 Å². The van der Waals surface area contributed by atoms with E-state index < -0.39 is 216 Å². The second-order valence-corrected chi connectivity index (χ2v) is 24.1. The van der Waals surface area contributed by atoms with Gasteiger partial charge >= 0.3 is 11.9 Å². The molecule has 2 saturated heterocycles. The number of aliphatic hydroxyl groups excluding tert-OH is 2. The van der Waals surface area contributed by atoms with Crippen molar-refractivity contribution in [2.75, 3.05) is 25.4 Å². The van der Waals surface area contributed by atoms with Gasteiger partial charge in [0.25, 0.3) is 0 Å². The Morgan fingerprint density at radius 2 is 1.06 bits per heavy atom. The maximum absolute atomic E-state index is 14.1. The van der Waals surface area contributed by atoms with Gasteiger partial charge < -0.3 is 101 Å². The van der Waals surface area contributed by atoms with Gasteiger partial charge in [-0.05, 0) is 70.3 Å². The fourth-order valence-electron chi connectivity index (χ4n) is 10.2. The number of aliphatic hydroxyl groups is 2. The van der Waals surface area contributed by atoms with Crippen LogP contribution in [0.15, 0.2) is 30.3 Å². The summed E-state index contributed by atoms with van der Waals surface area (Å²) >= 11 is 4.12. The first kappa shape index (κ1) is 80.2. The van der Waals surface area contributed by atoms with Crippen LogP contribution in [0.25, 0.3) is 0 Å². The molecule has 0 bridgehead atoms. The van der Waals surface area contributed by atoms with Crippen LogP contribution >= 0.6 is 12.6 Å². The third-order valence-electron chi connectivity index (χ3n) is 15.8. The van der Waals surface area contributed by atoms with E-state index >= 15 is 0 Å². The van der Waals surface area contributed by atoms with Gasteiger partial charge in [-0.1, -0.05) is 64.4 Å². The van der Waals surface area contributed by atoms with Crippen molar-refractivity contribution >= 4 is 107 Å². The van der Waals surface area contributed by atoms with Crippen molar-refractivity contribution in [1.82, 2.24) is 63.0 Å². The Kier molecular flexibility index (Phi) is 32.4. The minimum atomic E-state index is -1.95. The second kappa shape index (κ2) is 38.4. The SMILES string of the molecule is CC[C@H](C)[C@H](NC(=O)[C@@H](N)CCC(N)=O)C(=O)N1CCC[C@H]1C(=O)N[C@H](C(=O)N[C@H](C(=O)N[C@@H](CS)C(=O)N[C@@H](C)C(=O)N[C@@H](CC(N)=O)C(=O)N[C@@H](CC(=O)O)C(=O)N1CCC[C@H]1C(=O)N[C@H](C(=O)NCC(=O)N[C@@H](Cc1ccccc1)C(=O)O)C(C)C)[C@@H](C)O)[C@@H](C)O. The average Bonchev–Trinajstić information content (AvgIpc) is 1.75. The van der Waals surface area contributed by atoms with Crippen LogP contribution in [0.2, 0.25) is 0 Å². The van der Waals surface area contributed by atoms with E-state index in [0.717, 1.165) is 25.7 Å². The van der Waals surface area contributed by atoms with E-state index in [-0.39, 0.29) is 51.6 Å². The molecule has 0 unspecified atom stereocenters. The summed E-state index contributed by atoms with van der Waals surface area (Å²) in [6, 6.07) is -9.96. The van der Waals surface area contributed by atoms with Gasteiger partial charge in [-0.3, -0.25) is 71.9 Å². The van der Waals surface area contributed by atoms with Gasteiger partial charge in [0.1, 0.15) is 66.5 Å². The normalized spacial score (nSPS) is 18.5. The quantitative estimate of drug-likeness (QED) is 0.0274. The Morgan fingerprint density at radius 3 is 1.57 bits per heavy atom. The van der Waals surface area contributed by atoms with Crippen LogP contribution in [0, 0.1) is 11.8 Å². The van der Waals surface area contributed by atoms with Gasteiger partial charge in [0.05, 0.1) is 37.6 Å². The van der Waals surface area contributed by atoms with E-state index in [9.17, 15) is 97.1 Å². The van der Waals surface area contributed by atoms with Gasteiger partial charge in [0.2, 0.25) is 82.7 Å². The van der Waals surface area contributed by atoms with Gasteiger partial charge in [0.15, 0.2) is 0 Å². The Labute approximate surface area is 553 Å². The minimum absolute atomic E-state index is 0.00267. The number of hydrogen-bond acceptors (Lipinski definition) is 20. The zero-order chi connectivity index (χ0) is 71.7. The molecule has 15 atom stereocenters. The highest BCUT2D eigenvalue weighted by molar-refractivity contribution is 7.80. The molecule has 0 aliphatic carbocycles. The van der Waals surface area contributed by atoms with Crippen LogP contribution in [0.1, 0.15) is 112 Å². The molecule has 20 N–H and O–H groups in total. The maximum atomic E-state index is 14.1. The lowest BCUT2D eigenvalue weighted by Crippen LogP contribution is -2.63. The van der Waals surface area contributed by atoms with Crippen molar-refractivity contribution in [2.45, 2.75) is 197 Å². The number of nitrogens with one attached hydrogen (secondary N) is 10. The highest BCUT2D eigenvalue weighted by atomic mass is 32.1. The van der Waals surface area contributed by atoms with Crippen LogP contribution in [-0.4, -0.2) is 235 Å². The Balaban J connectivity index is 1.68. The van der Waals surface area contributed by atoms with Crippen molar-refractivity contribution < 1.29 is 97.1 Å².